The second-order valence-electron chi connectivity index (χ2n) is 7.25. The molecule has 1 saturated carbocycles. The molecule has 1 aromatic rings. The minimum absolute atomic E-state index is 0.351. The Bertz CT molecular complexity index is 587. The lowest BCUT2D eigenvalue weighted by atomic mass is 9.77. The molecule has 0 amide bonds. The van der Waals surface area contributed by atoms with E-state index in [1.807, 2.05) is 25.1 Å². The zero-order valence-electron chi connectivity index (χ0n) is 15.7. The molecule has 25 heavy (non-hydrogen) atoms. The number of hydrogen-bond donors (Lipinski definition) is 1. The Morgan fingerprint density at radius 3 is 2.36 bits per heavy atom. The minimum Gasteiger partial charge on any atom is -0.478 e. The highest BCUT2D eigenvalue weighted by Gasteiger charge is 2.22. The smallest absolute Gasteiger partial charge is 0.336 e. The number of carboxylic acids is 1. The predicted octanol–water partition coefficient (Wildman–Crippen LogP) is 6.58. The van der Waals surface area contributed by atoms with Gasteiger partial charge in [-0.2, -0.15) is 0 Å². The van der Waals surface area contributed by atoms with Gasteiger partial charge in [-0.1, -0.05) is 69.0 Å². The number of allylic oxidation sites excluding steroid dienone is 3. The Morgan fingerprint density at radius 1 is 1.12 bits per heavy atom. The summed E-state index contributed by atoms with van der Waals surface area (Å²) in [5.74, 6) is 0.687. The molecule has 1 N–H and O–H groups in total. The summed E-state index contributed by atoms with van der Waals surface area (Å²) < 4.78 is 0. The third-order valence-corrected chi connectivity index (χ3v) is 5.44. The topological polar surface area (TPSA) is 37.3 Å². The monoisotopic (exact) mass is 340 g/mol. The van der Waals surface area contributed by atoms with Crippen molar-refractivity contribution in [1.82, 2.24) is 0 Å². The standard InChI is InChI=1S/C23H32O2/c1-3-5-7-8-18-10-12-19(13-11-18)20-14-16-21(17-15-20)22(23(24)25)9-6-4-2/h4,6,9,14-19H,3,5,7-8,10-13H2,1-2H3,(H,24,25)/b6-4+,22-9+. The molecule has 0 radical (unpaired) electrons. The van der Waals surface area contributed by atoms with Gasteiger partial charge in [0.2, 0.25) is 0 Å². The van der Waals surface area contributed by atoms with Crippen molar-refractivity contribution in [3.63, 3.8) is 0 Å². The largest absolute Gasteiger partial charge is 0.478 e. The van der Waals surface area contributed by atoms with Gasteiger partial charge in [0.05, 0.1) is 5.57 Å². The van der Waals surface area contributed by atoms with Crippen LogP contribution in [0.15, 0.2) is 42.5 Å². The van der Waals surface area contributed by atoms with E-state index in [1.165, 1.54) is 56.9 Å². The summed E-state index contributed by atoms with van der Waals surface area (Å²) in [6.07, 6.45) is 16.0. The van der Waals surface area contributed by atoms with Crippen molar-refractivity contribution in [3.8, 4) is 0 Å². The number of unbranched alkanes of at least 4 members (excludes halogenated alkanes) is 2. The Labute approximate surface area is 152 Å². The number of carbonyl (C=O) groups is 1. The van der Waals surface area contributed by atoms with Crippen LogP contribution in [0.4, 0.5) is 0 Å². The van der Waals surface area contributed by atoms with E-state index in [4.69, 9.17) is 0 Å². The zero-order valence-corrected chi connectivity index (χ0v) is 15.7. The van der Waals surface area contributed by atoms with Gasteiger partial charge in [0, 0.05) is 0 Å². The molecule has 2 nitrogen and oxygen atoms in total. The fourth-order valence-electron chi connectivity index (χ4n) is 3.89. The lowest BCUT2D eigenvalue weighted by Crippen LogP contribution is -2.13. The number of hydrogen-bond acceptors (Lipinski definition) is 1. The van der Waals surface area contributed by atoms with Gasteiger partial charge < -0.3 is 5.11 Å². The predicted molar refractivity (Wildman–Crippen MR) is 106 cm³/mol. The summed E-state index contributed by atoms with van der Waals surface area (Å²) in [5.41, 5.74) is 2.50. The third-order valence-electron chi connectivity index (χ3n) is 5.44. The Balaban J connectivity index is 1.95. The molecular weight excluding hydrogens is 308 g/mol. The summed E-state index contributed by atoms with van der Waals surface area (Å²) in [5, 5.41) is 9.39. The van der Waals surface area contributed by atoms with Gasteiger partial charge in [-0.15, -0.1) is 0 Å². The molecule has 2 heteroatoms. The van der Waals surface area contributed by atoms with Crippen molar-refractivity contribution >= 4 is 11.5 Å². The van der Waals surface area contributed by atoms with Gasteiger partial charge in [0.1, 0.15) is 0 Å². The fraction of sp³-hybridized carbons (Fsp3) is 0.522. The van der Waals surface area contributed by atoms with E-state index in [0.717, 1.165) is 11.5 Å². The molecule has 0 spiro atoms. The summed E-state index contributed by atoms with van der Waals surface area (Å²) in [7, 11) is 0. The molecule has 0 atom stereocenters. The lowest BCUT2D eigenvalue weighted by molar-refractivity contribution is -0.130. The molecule has 1 fully saturated rings. The highest BCUT2D eigenvalue weighted by molar-refractivity contribution is 6.15. The maximum Gasteiger partial charge on any atom is 0.336 e. The van der Waals surface area contributed by atoms with Crippen LogP contribution in [0.1, 0.15) is 82.3 Å². The van der Waals surface area contributed by atoms with Crippen LogP contribution in [-0.2, 0) is 4.79 Å². The Kier molecular flexibility index (Phi) is 7.97. The van der Waals surface area contributed by atoms with E-state index in [0.29, 0.717) is 11.5 Å². The highest BCUT2D eigenvalue weighted by Crippen LogP contribution is 2.38. The number of carboxylic acid groups (broad SMARTS) is 1. The summed E-state index contributed by atoms with van der Waals surface area (Å²) >= 11 is 0. The minimum atomic E-state index is -0.876. The van der Waals surface area contributed by atoms with E-state index >= 15 is 0 Å². The van der Waals surface area contributed by atoms with E-state index in [1.54, 1.807) is 12.2 Å². The van der Waals surface area contributed by atoms with Gasteiger partial charge in [0.15, 0.2) is 0 Å². The van der Waals surface area contributed by atoms with Crippen molar-refractivity contribution < 1.29 is 9.90 Å². The molecule has 0 unspecified atom stereocenters. The van der Waals surface area contributed by atoms with E-state index in [-0.39, 0.29) is 0 Å². The normalized spacial score (nSPS) is 21.6. The average molecular weight is 341 g/mol. The van der Waals surface area contributed by atoms with Crippen molar-refractivity contribution in [1.29, 1.82) is 0 Å². The lowest BCUT2D eigenvalue weighted by Gasteiger charge is -2.29. The first-order valence-corrected chi connectivity index (χ1v) is 9.82. The van der Waals surface area contributed by atoms with Gasteiger partial charge in [0.25, 0.3) is 0 Å². The van der Waals surface area contributed by atoms with E-state index in [2.05, 4.69) is 19.1 Å². The Hall–Kier alpha value is -1.83. The first kappa shape index (κ1) is 19.5. The summed E-state index contributed by atoms with van der Waals surface area (Å²) in [6.45, 7) is 4.15. The van der Waals surface area contributed by atoms with Crippen LogP contribution in [0.25, 0.3) is 5.57 Å². The molecular formula is C23H32O2. The van der Waals surface area contributed by atoms with Crippen LogP contribution >= 0.6 is 0 Å². The van der Waals surface area contributed by atoms with Crippen LogP contribution in [0.2, 0.25) is 0 Å². The summed E-state index contributed by atoms with van der Waals surface area (Å²) in [4.78, 5) is 11.4. The van der Waals surface area contributed by atoms with Gasteiger partial charge in [-0.25, -0.2) is 4.79 Å². The van der Waals surface area contributed by atoms with E-state index < -0.39 is 5.97 Å². The Morgan fingerprint density at radius 2 is 1.80 bits per heavy atom. The van der Waals surface area contributed by atoms with Crippen LogP contribution in [0, 0.1) is 5.92 Å². The van der Waals surface area contributed by atoms with Crippen LogP contribution in [0.5, 0.6) is 0 Å². The summed E-state index contributed by atoms with van der Waals surface area (Å²) in [6, 6.07) is 8.19. The van der Waals surface area contributed by atoms with Gasteiger partial charge in [-0.3, -0.25) is 0 Å². The molecule has 0 aromatic heterocycles. The molecule has 0 heterocycles. The van der Waals surface area contributed by atoms with Crippen molar-refractivity contribution in [2.75, 3.05) is 0 Å². The first-order valence-electron chi connectivity index (χ1n) is 9.82. The molecule has 136 valence electrons. The van der Waals surface area contributed by atoms with Crippen molar-refractivity contribution in [2.24, 2.45) is 5.92 Å². The number of rotatable bonds is 8. The molecule has 0 aliphatic heterocycles. The number of benzene rings is 1. The second-order valence-corrected chi connectivity index (χ2v) is 7.25. The molecule has 1 aliphatic carbocycles. The fourth-order valence-corrected chi connectivity index (χ4v) is 3.89. The van der Waals surface area contributed by atoms with Gasteiger partial charge >= 0.3 is 5.97 Å². The van der Waals surface area contributed by atoms with Crippen molar-refractivity contribution in [3.05, 3.63) is 53.6 Å². The molecule has 0 bridgehead atoms. The highest BCUT2D eigenvalue weighted by atomic mass is 16.4. The number of aliphatic carboxylic acids is 1. The second kappa shape index (κ2) is 10.2. The van der Waals surface area contributed by atoms with Crippen LogP contribution in [-0.4, -0.2) is 11.1 Å². The third kappa shape index (κ3) is 5.88. The van der Waals surface area contributed by atoms with Crippen LogP contribution < -0.4 is 0 Å². The average Bonchev–Trinajstić information content (AvgIpc) is 2.63. The SMILES string of the molecule is C/C=C/C=C(/C(=O)O)c1ccc(C2CCC(CCCCC)CC2)cc1. The molecule has 1 aromatic carbocycles. The van der Waals surface area contributed by atoms with Gasteiger partial charge in [-0.05, 0) is 61.6 Å². The molecule has 1 aliphatic rings. The maximum absolute atomic E-state index is 11.4. The first-order chi connectivity index (χ1) is 12.2. The van der Waals surface area contributed by atoms with E-state index in [9.17, 15) is 9.90 Å². The van der Waals surface area contributed by atoms with Crippen molar-refractivity contribution in [2.45, 2.75) is 71.1 Å². The zero-order chi connectivity index (χ0) is 18.1. The maximum atomic E-state index is 11.4. The molecule has 2 rings (SSSR count). The molecule has 0 saturated heterocycles. The van der Waals surface area contributed by atoms with Crippen LogP contribution in [0.3, 0.4) is 0 Å². The quantitative estimate of drug-likeness (QED) is 0.329.